The van der Waals surface area contributed by atoms with Crippen LogP contribution in [0.2, 0.25) is 0 Å². The molecule has 18 heavy (non-hydrogen) atoms. The summed E-state index contributed by atoms with van der Waals surface area (Å²) < 4.78 is 26.6. The van der Waals surface area contributed by atoms with Crippen molar-refractivity contribution < 1.29 is 8.78 Å². The highest BCUT2D eigenvalue weighted by molar-refractivity contribution is 7.99. The van der Waals surface area contributed by atoms with Gasteiger partial charge in [-0.3, -0.25) is 0 Å². The zero-order valence-corrected chi connectivity index (χ0v) is 11.2. The van der Waals surface area contributed by atoms with Crippen LogP contribution in [0.4, 0.5) is 8.78 Å². The zero-order chi connectivity index (χ0) is 13.1. The molecule has 0 aromatic heterocycles. The highest BCUT2D eigenvalue weighted by Gasteiger charge is 2.26. The fourth-order valence-electron chi connectivity index (χ4n) is 2.25. The smallest absolute Gasteiger partial charge is 0.126 e. The van der Waals surface area contributed by atoms with Crippen molar-refractivity contribution >= 4 is 11.8 Å². The number of rotatable bonds is 3. The molecular formula is C13H18F2N2S. The topological polar surface area (TPSA) is 29.3 Å². The third-order valence-electron chi connectivity index (χ3n) is 3.40. The molecule has 0 aliphatic carbocycles. The quantitative estimate of drug-likeness (QED) is 0.911. The van der Waals surface area contributed by atoms with E-state index in [0.717, 1.165) is 30.2 Å². The molecule has 1 saturated heterocycles. The number of benzene rings is 1. The van der Waals surface area contributed by atoms with E-state index in [0.29, 0.717) is 12.0 Å². The number of nitrogens with zero attached hydrogens (tertiary/aromatic N) is 1. The van der Waals surface area contributed by atoms with Gasteiger partial charge in [-0.15, -0.1) is 0 Å². The Balaban J connectivity index is 2.05. The third-order valence-corrected chi connectivity index (χ3v) is 4.45. The molecule has 2 atom stereocenters. The van der Waals surface area contributed by atoms with Crippen LogP contribution >= 0.6 is 11.8 Å². The molecule has 2 rings (SSSR count). The van der Waals surface area contributed by atoms with E-state index in [-0.39, 0.29) is 17.9 Å². The molecule has 2 N–H and O–H groups in total. The highest BCUT2D eigenvalue weighted by atomic mass is 32.2. The predicted octanol–water partition coefficient (Wildman–Crippen LogP) is 1.88. The Kier molecular flexibility index (Phi) is 4.59. The van der Waals surface area contributed by atoms with Crippen molar-refractivity contribution in [1.29, 1.82) is 0 Å². The van der Waals surface area contributed by atoms with E-state index < -0.39 is 5.82 Å². The van der Waals surface area contributed by atoms with Crippen molar-refractivity contribution in [3.63, 3.8) is 0 Å². The minimum absolute atomic E-state index is 0.168. The summed E-state index contributed by atoms with van der Waals surface area (Å²) in [6, 6.07) is 3.60. The van der Waals surface area contributed by atoms with Gasteiger partial charge in [-0.1, -0.05) is 0 Å². The maximum absolute atomic E-state index is 13.6. The lowest BCUT2D eigenvalue weighted by Crippen LogP contribution is -2.51. The Hall–Kier alpha value is -0.650. The molecule has 1 aliphatic heterocycles. The van der Waals surface area contributed by atoms with Crippen LogP contribution in [0, 0.1) is 11.6 Å². The van der Waals surface area contributed by atoms with Gasteiger partial charge in [0.05, 0.1) is 0 Å². The zero-order valence-electron chi connectivity index (χ0n) is 10.4. The Morgan fingerprint density at radius 1 is 1.50 bits per heavy atom. The number of halogens is 2. The Morgan fingerprint density at radius 3 is 3.00 bits per heavy atom. The lowest BCUT2D eigenvalue weighted by Gasteiger charge is -2.36. The van der Waals surface area contributed by atoms with E-state index >= 15 is 0 Å². The lowest BCUT2D eigenvalue weighted by molar-refractivity contribution is 0.234. The number of nitrogens with two attached hydrogens (primary N) is 1. The summed E-state index contributed by atoms with van der Waals surface area (Å²) in [5, 5.41) is 0. The fourth-order valence-corrected chi connectivity index (χ4v) is 3.57. The normalized spacial score (nSPS) is 23.0. The third kappa shape index (κ3) is 3.22. The van der Waals surface area contributed by atoms with E-state index in [9.17, 15) is 8.78 Å². The predicted molar refractivity (Wildman–Crippen MR) is 71.8 cm³/mol. The van der Waals surface area contributed by atoms with Crippen LogP contribution in [0.15, 0.2) is 18.2 Å². The van der Waals surface area contributed by atoms with Gasteiger partial charge in [0.1, 0.15) is 11.6 Å². The van der Waals surface area contributed by atoms with Crippen molar-refractivity contribution in [1.82, 2.24) is 4.90 Å². The molecule has 1 heterocycles. The molecule has 0 bridgehead atoms. The second-order valence-corrected chi connectivity index (χ2v) is 5.88. The van der Waals surface area contributed by atoms with Gasteiger partial charge >= 0.3 is 0 Å². The van der Waals surface area contributed by atoms with Crippen LogP contribution in [-0.4, -0.2) is 42.1 Å². The monoisotopic (exact) mass is 272 g/mol. The molecule has 100 valence electrons. The first-order chi connectivity index (χ1) is 8.58. The van der Waals surface area contributed by atoms with E-state index in [4.69, 9.17) is 5.73 Å². The van der Waals surface area contributed by atoms with Crippen LogP contribution < -0.4 is 5.73 Å². The van der Waals surface area contributed by atoms with Crippen LogP contribution in [0.25, 0.3) is 0 Å². The van der Waals surface area contributed by atoms with Gasteiger partial charge in [-0.25, -0.2) is 8.78 Å². The molecule has 0 radical (unpaired) electrons. The molecule has 2 unspecified atom stereocenters. The standard InChI is InChI=1S/C13H18F2N2S/c1-17-4-5-18-8-13(17)12(16)7-9-6-10(14)2-3-11(9)15/h2-3,6,12-13H,4-5,7-8,16H2,1H3. The second-order valence-electron chi connectivity index (χ2n) is 4.73. The summed E-state index contributed by atoms with van der Waals surface area (Å²) in [5.41, 5.74) is 6.51. The van der Waals surface area contributed by atoms with Gasteiger partial charge in [0.25, 0.3) is 0 Å². The van der Waals surface area contributed by atoms with E-state index in [1.807, 2.05) is 18.8 Å². The maximum atomic E-state index is 13.6. The molecule has 2 nitrogen and oxygen atoms in total. The first-order valence-electron chi connectivity index (χ1n) is 6.05. The molecule has 1 fully saturated rings. The number of hydrogen-bond acceptors (Lipinski definition) is 3. The Bertz CT molecular complexity index is 414. The highest BCUT2D eigenvalue weighted by Crippen LogP contribution is 2.20. The number of likely N-dealkylation sites (N-methyl/N-ethyl adjacent to an activating group) is 1. The summed E-state index contributed by atoms with van der Waals surface area (Å²) in [4.78, 5) is 2.21. The summed E-state index contributed by atoms with van der Waals surface area (Å²) in [6.07, 6.45) is 0.374. The molecule has 0 spiro atoms. The minimum atomic E-state index is -0.412. The van der Waals surface area contributed by atoms with Crippen LogP contribution in [0.1, 0.15) is 5.56 Å². The van der Waals surface area contributed by atoms with Gasteiger partial charge in [0.2, 0.25) is 0 Å². The largest absolute Gasteiger partial charge is 0.326 e. The summed E-state index contributed by atoms with van der Waals surface area (Å²) in [7, 11) is 2.03. The summed E-state index contributed by atoms with van der Waals surface area (Å²) >= 11 is 1.86. The average Bonchev–Trinajstić information content (AvgIpc) is 2.34. The Labute approximate surface area is 111 Å². The first kappa shape index (κ1) is 13.8. The number of hydrogen-bond donors (Lipinski definition) is 1. The maximum Gasteiger partial charge on any atom is 0.126 e. The van der Waals surface area contributed by atoms with Gasteiger partial charge < -0.3 is 10.6 Å². The minimum Gasteiger partial charge on any atom is -0.326 e. The van der Waals surface area contributed by atoms with Crippen molar-refractivity contribution in [3.05, 3.63) is 35.4 Å². The van der Waals surface area contributed by atoms with Crippen molar-refractivity contribution in [3.8, 4) is 0 Å². The van der Waals surface area contributed by atoms with Crippen molar-refractivity contribution in [2.75, 3.05) is 25.1 Å². The van der Waals surface area contributed by atoms with Crippen LogP contribution in [0.3, 0.4) is 0 Å². The molecule has 5 heteroatoms. The van der Waals surface area contributed by atoms with Crippen molar-refractivity contribution in [2.24, 2.45) is 5.73 Å². The van der Waals surface area contributed by atoms with Gasteiger partial charge in [-0.2, -0.15) is 11.8 Å². The van der Waals surface area contributed by atoms with Crippen molar-refractivity contribution in [2.45, 2.75) is 18.5 Å². The van der Waals surface area contributed by atoms with E-state index in [2.05, 4.69) is 4.90 Å². The van der Waals surface area contributed by atoms with Crippen LogP contribution in [0.5, 0.6) is 0 Å². The molecule has 0 amide bonds. The second kappa shape index (κ2) is 5.99. The first-order valence-corrected chi connectivity index (χ1v) is 7.21. The van der Waals surface area contributed by atoms with Gasteiger partial charge in [-0.05, 0) is 37.2 Å². The van der Waals surface area contributed by atoms with E-state index in [1.54, 1.807) is 0 Å². The lowest BCUT2D eigenvalue weighted by atomic mass is 9.99. The molecular weight excluding hydrogens is 254 g/mol. The van der Waals surface area contributed by atoms with E-state index in [1.165, 1.54) is 6.07 Å². The molecule has 1 aromatic carbocycles. The molecule has 0 saturated carbocycles. The van der Waals surface area contributed by atoms with Gasteiger partial charge in [0, 0.05) is 30.1 Å². The number of thioether (sulfide) groups is 1. The fraction of sp³-hybridized carbons (Fsp3) is 0.538. The molecule has 1 aromatic rings. The molecule has 1 aliphatic rings. The van der Waals surface area contributed by atoms with Crippen LogP contribution in [-0.2, 0) is 6.42 Å². The Morgan fingerprint density at radius 2 is 2.28 bits per heavy atom. The average molecular weight is 272 g/mol. The SMILES string of the molecule is CN1CCSCC1C(N)Cc1cc(F)ccc1F. The summed E-state index contributed by atoms with van der Waals surface area (Å²) in [6.45, 7) is 0.995. The van der Waals surface area contributed by atoms with Gasteiger partial charge in [0.15, 0.2) is 0 Å². The summed E-state index contributed by atoms with van der Waals surface area (Å²) in [5.74, 6) is 1.27.